The number of benzene rings is 1. The molecule has 2 aromatic rings. The van der Waals surface area contributed by atoms with E-state index >= 15 is 0 Å². The topological polar surface area (TPSA) is 208 Å². The van der Waals surface area contributed by atoms with E-state index in [1.807, 2.05) is 4.98 Å². The number of aliphatic hydroxyl groups excluding tert-OH is 3. The number of aromatic hydroxyl groups is 1. The molecule has 12 heteroatoms. The number of hydrogen-bond acceptors (Lipinski definition) is 9. The average Bonchev–Trinajstić information content (AvgIpc) is 2.98. The Labute approximate surface area is 169 Å². The van der Waals surface area contributed by atoms with Gasteiger partial charge >= 0.3 is 11.7 Å². The maximum Gasteiger partial charge on any atom is 0.330 e. The molecule has 0 saturated carbocycles. The van der Waals surface area contributed by atoms with Gasteiger partial charge in [0.2, 0.25) is 0 Å². The number of rotatable bonds is 5. The molecule has 2 heterocycles. The molecule has 30 heavy (non-hydrogen) atoms. The number of phenols is 1. The van der Waals surface area contributed by atoms with E-state index in [4.69, 9.17) is 25.8 Å². The Morgan fingerprint density at radius 2 is 1.80 bits per heavy atom. The third-order valence-corrected chi connectivity index (χ3v) is 4.35. The zero-order valence-electron chi connectivity index (χ0n) is 15.7. The van der Waals surface area contributed by atoms with Crippen molar-refractivity contribution in [1.82, 2.24) is 9.55 Å². The van der Waals surface area contributed by atoms with Crippen LogP contribution in [0.25, 0.3) is 0 Å². The number of hydrogen-bond donors (Lipinski definition) is 7. The summed E-state index contributed by atoms with van der Waals surface area (Å²) >= 11 is 0. The molecule has 12 nitrogen and oxygen atoms in total. The number of carbonyl (C=O) groups is 1. The van der Waals surface area contributed by atoms with Crippen LogP contribution in [0.15, 0.2) is 46.1 Å². The van der Waals surface area contributed by atoms with Crippen LogP contribution in [0.2, 0.25) is 0 Å². The van der Waals surface area contributed by atoms with Crippen LogP contribution in [0.3, 0.4) is 0 Å². The van der Waals surface area contributed by atoms with Gasteiger partial charge in [0.15, 0.2) is 6.23 Å². The summed E-state index contributed by atoms with van der Waals surface area (Å²) in [5, 5.41) is 45.5. The summed E-state index contributed by atoms with van der Waals surface area (Å²) in [6.45, 7) is -0.479. The van der Waals surface area contributed by atoms with Crippen LogP contribution in [0.4, 0.5) is 0 Å². The van der Waals surface area contributed by atoms with Crippen molar-refractivity contribution in [1.29, 1.82) is 0 Å². The van der Waals surface area contributed by atoms with E-state index in [2.05, 4.69) is 0 Å². The summed E-state index contributed by atoms with van der Waals surface area (Å²) < 4.78 is 6.08. The van der Waals surface area contributed by atoms with Crippen molar-refractivity contribution in [3.8, 4) is 5.75 Å². The SMILES string of the molecule is N[C@@H](Cc1ccc(O)cc1)C(=O)O.O=c1ccn([C@@H]2O[C@H](CO)[C@@H](O)[C@H]2O)c(=O)[nH]1. The van der Waals surface area contributed by atoms with E-state index in [1.54, 1.807) is 12.1 Å². The number of nitrogens with one attached hydrogen (secondary N) is 1. The van der Waals surface area contributed by atoms with Crippen molar-refractivity contribution in [2.24, 2.45) is 5.73 Å². The van der Waals surface area contributed by atoms with Crippen LogP contribution in [0.5, 0.6) is 5.75 Å². The maximum absolute atomic E-state index is 11.4. The van der Waals surface area contributed by atoms with Gasteiger partial charge in [-0.1, -0.05) is 12.1 Å². The van der Waals surface area contributed by atoms with E-state index in [0.29, 0.717) is 0 Å². The molecule has 1 aromatic carbocycles. The number of aliphatic carboxylic acids is 1. The van der Waals surface area contributed by atoms with Crippen molar-refractivity contribution < 1.29 is 35.1 Å². The second-order valence-corrected chi connectivity index (χ2v) is 6.56. The molecule has 5 atom stereocenters. The molecule has 0 bridgehead atoms. The lowest BCUT2D eigenvalue weighted by atomic mass is 10.1. The van der Waals surface area contributed by atoms with Crippen LogP contribution in [-0.4, -0.2) is 72.0 Å². The van der Waals surface area contributed by atoms with Crippen LogP contribution in [0.1, 0.15) is 11.8 Å². The van der Waals surface area contributed by atoms with Crippen LogP contribution >= 0.6 is 0 Å². The normalized spacial score (nSPS) is 24.0. The molecule has 164 valence electrons. The fourth-order valence-electron chi connectivity index (χ4n) is 2.71. The summed E-state index contributed by atoms with van der Waals surface area (Å²) in [7, 11) is 0. The first-order valence-corrected chi connectivity index (χ1v) is 8.84. The summed E-state index contributed by atoms with van der Waals surface area (Å²) in [6.07, 6.45) is -3.31. The first-order valence-electron chi connectivity index (χ1n) is 8.84. The highest BCUT2D eigenvalue weighted by Gasteiger charge is 2.43. The van der Waals surface area contributed by atoms with Gasteiger partial charge in [-0.3, -0.25) is 19.1 Å². The molecule has 1 aliphatic rings. The Kier molecular flexibility index (Phi) is 7.86. The fraction of sp³-hybridized carbons (Fsp3) is 0.389. The highest BCUT2D eigenvalue weighted by atomic mass is 16.6. The molecule has 0 amide bonds. The van der Waals surface area contributed by atoms with Gasteiger partial charge in [-0.25, -0.2) is 4.79 Å². The number of aliphatic hydroxyl groups is 3. The summed E-state index contributed by atoms with van der Waals surface area (Å²) in [5.41, 5.74) is 4.79. The largest absolute Gasteiger partial charge is 0.508 e. The van der Waals surface area contributed by atoms with Crippen LogP contribution in [-0.2, 0) is 16.0 Å². The number of ether oxygens (including phenoxy) is 1. The maximum atomic E-state index is 11.4. The quantitative estimate of drug-likeness (QED) is 0.268. The first kappa shape index (κ1) is 23.3. The van der Waals surface area contributed by atoms with Gasteiger partial charge < -0.3 is 36.0 Å². The molecule has 1 saturated heterocycles. The number of nitrogens with zero attached hydrogens (tertiary/aromatic N) is 1. The Hall–Kier alpha value is -3.03. The van der Waals surface area contributed by atoms with E-state index in [0.717, 1.165) is 22.4 Å². The predicted molar refractivity (Wildman–Crippen MR) is 102 cm³/mol. The van der Waals surface area contributed by atoms with Crippen molar-refractivity contribution >= 4 is 5.97 Å². The molecule has 3 rings (SSSR count). The van der Waals surface area contributed by atoms with Gasteiger partial charge in [0.25, 0.3) is 5.56 Å². The molecule has 0 spiro atoms. The lowest BCUT2D eigenvalue weighted by molar-refractivity contribution is -0.138. The average molecular weight is 425 g/mol. The summed E-state index contributed by atoms with van der Waals surface area (Å²) in [4.78, 5) is 34.7. The van der Waals surface area contributed by atoms with E-state index in [-0.39, 0.29) is 12.2 Å². The first-order chi connectivity index (χ1) is 14.1. The van der Waals surface area contributed by atoms with Crippen molar-refractivity contribution in [2.75, 3.05) is 6.61 Å². The number of nitrogens with two attached hydrogens (primary N) is 1. The lowest BCUT2D eigenvalue weighted by Crippen LogP contribution is -2.37. The van der Waals surface area contributed by atoms with Gasteiger partial charge in [0, 0.05) is 12.3 Å². The smallest absolute Gasteiger partial charge is 0.330 e. The number of carboxylic acids is 1. The number of phenolic OH excluding ortho intramolecular Hbond substituents is 1. The minimum Gasteiger partial charge on any atom is -0.508 e. The zero-order chi connectivity index (χ0) is 22.4. The molecule has 0 radical (unpaired) electrons. The second-order valence-electron chi connectivity index (χ2n) is 6.56. The number of aromatic amines is 1. The van der Waals surface area contributed by atoms with Crippen LogP contribution < -0.4 is 17.0 Å². The molecule has 1 aliphatic heterocycles. The number of aromatic nitrogens is 2. The monoisotopic (exact) mass is 425 g/mol. The molecular weight excluding hydrogens is 402 g/mol. The van der Waals surface area contributed by atoms with Gasteiger partial charge in [-0.2, -0.15) is 0 Å². The number of H-pyrrole nitrogens is 1. The Bertz CT molecular complexity index is 956. The van der Waals surface area contributed by atoms with E-state index in [9.17, 15) is 24.6 Å². The third-order valence-electron chi connectivity index (χ3n) is 4.35. The molecule has 1 aromatic heterocycles. The van der Waals surface area contributed by atoms with E-state index in [1.165, 1.54) is 12.1 Å². The molecule has 1 fully saturated rings. The fourth-order valence-corrected chi connectivity index (χ4v) is 2.71. The van der Waals surface area contributed by atoms with Gasteiger partial charge in [-0.15, -0.1) is 0 Å². The Balaban J connectivity index is 0.000000222. The molecule has 0 unspecified atom stereocenters. The Morgan fingerprint density at radius 3 is 2.30 bits per heavy atom. The summed E-state index contributed by atoms with van der Waals surface area (Å²) in [6, 6.07) is 6.52. The highest BCUT2D eigenvalue weighted by molar-refractivity contribution is 5.73. The van der Waals surface area contributed by atoms with Gasteiger partial charge in [-0.05, 0) is 24.1 Å². The van der Waals surface area contributed by atoms with Crippen molar-refractivity contribution in [3.63, 3.8) is 0 Å². The van der Waals surface area contributed by atoms with Gasteiger partial charge in [0.05, 0.1) is 6.61 Å². The van der Waals surface area contributed by atoms with Crippen molar-refractivity contribution in [2.45, 2.75) is 37.0 Å². The molecule has 8 N–H and O–H groups in total. The standard InChI is InChI=1S/C9H12N2O6.C9H11NO3/c12-3-4-6(14)7(15)8(17-4)11-2-1-5(13)10-9(11)16;10-8(9(12)13)5-6-1-3-7(11)4-2-6/h1-2,4,6-8,12,14-15H,3H2,(H,10,13,16);1-4,8,11H,5,10H2,(H,12,13)/t4-,6-,7-,8-;8-/m10/s1. The minimum atomic E-state index is -1.35. The lowest BCUT2D eigenvalue weighted by Gasteiger charge is -2.16. The van der Waals surface area contributed by atoms with E-state index < -0.39 is 54.4 Å². The third kappa shape index (κ3) is 5.75. The second kappa shape index (κ2) is 10.1. The Morgan fingerprint density at radius 1 is 1.17 bits per heavy atom. The zero-order valence-corrected chi connectivity index (χ0v) is 15.7. The predicted octanol–water partition coefficient (Wildman–Crippen LogP) is -2.51. The number of carboxylic acid groups (broad SMARTS) is 1. The summed E-state index contributed by atoms with van der Waals surface area (Å²) in [5.74, 6) is -0.860. The highest BCUT2D eigenvalue weighted by Crippen LogP contribution is 2.27. The minimum absolute atomic E-state index is 0.160. The molecular formula is C18H23N3O9. The van der Waals surface area contributed by atoms with Crippen LogP contribution in [0, 0.1) is 0 Å². The van der Waals surface area contributed by atoms with Crippen molar-refractivity contribution in [3.05, 3.63) is 62.9 Å². The molecule has 0 aliphatic carbocycles. The van der Waals surface area contributed by atoms with Gasteiger partial charge in [0.1, 0.15) is 30.1 Å².